The Kier molecular flexibility index (Phi) is 3.11. The lowest BCUT2D eigenvalue weighted by Crippen LogP contribution is -2.36. The first-order valence-electron chi connectivity index (χ1n) is 5.31. The van der Waals surface area contributed by atoms with Gasteiger partial charge < -0.3 is 0 Å². The molecular weight excluding hydrogens is 266 g/mol. The van der Waals surface area contributed by atoms with E-state index in [9.17, 15) is 4.79 Å². The van der Waals surface area contributed by atoms with Gasteiger partial charge in [0, 0.05) is 17.3 Å². The maximum atomic E-state index is 11.0. The molecule has 0 heterocycles. The Hall–Kier alpha value is -1.14. The summed E-state index contributed by atoms with van der Waals surface area (Å²) in [7, 11) is 0. The van der Waals surface area contributed by atoms with Gasteiger partial charge in [0.25, 0.3) is 0 Å². The molecule has 0 atom stereocenters. The number of ketones is 1. The van der Waals surface area contributed by atoms with Crippen molar-refractivity contribution in [1.29, 1.82) is 5.26 Å². The SMILES string of the molecule is N#CC1(CCc2ccc(Br)cc2)CC(=O)C1. The fourth-order valence-corrected chi connectivity index (χ4v) is 2.31. The summed E-state index contributed by atoms with van der Waals surface area (Å²) in [5, 5.41) is 9.07. The summed E-state index contributed by atoms with van der Waals surface area (Å²) in [6, 6.07) is 10.4. The van der Waals surface area contributed by atoms with Gasteiger partial charge in [0.1, 0.15) is 5.78 Å². The van der Waals surface area contributed by atoms with Crippen LogP contribution in [0, 0.1) is 16.7 Å². The third kappa shape index (κ3) is 2.33. The monoisotopic (exact) mass is 277 g/mol. The summed E-state index contributed by atoms with van der Waals surface area (Å²) in [4.78, 5) is 11.0. The molecule has 1 aliphatic carbocycles. The van der Waals surface area contributed by atoms with Gasteiger partial charge in [-0.3, -0.25) is 4.79 Å². The molecular formula is C13H12BrNO. The van der Waals surface area contributed by atoms with Crippen LogP contribution < -0.4 is 0 Å². The second kappa shape index (κ2) is 4.39. The predicted octanol–water partition coefficient (Wildman–Crippen LogP) is 3.25. The van der Waals surface area contributed by atoms with Crippen molar-refractivity contribution in [3.63, 3.8) is 0 Å². The lowest BCUT2D eigenvalue weighted by molar-refractivity contribution is -0.130. The molecule has 0 unspecified atom stereocenters. The van der Waals surface area contributed by atoms with Crippen LogP contribution in [0.5, 0.6) is 0 Å². The van der Waals surface area contributed by atoms with E-state index in [1.807, 2.05) is 12.1 Å². The van der Waals surface area contributed by atoms with Gasteiger partial charge in [-0.15, -0.1) is 0 Å². The van der Waals surface area contributed by atoms with Gasteiger partial charge >= 0.3 is 0 Å². The number of aryl methyl sites for hydroxylation is 1. The molecule has 16 heavy (non-hydrogen) atoms. The highest BCUT2D eigenvalue weighted by atomic mass is 79.9. The maximum Gasteiger partial charge on any atom is 0.136 e. The van der Waals surface area contributed by atoms with Crippen LogP contribution in [0.4, 0.5) is 0 Å². The summed E-state index contributed by atoms with van der Waals surface area (Å²) in [5.41, 5.74) is 0.849. The van der Waals surface area contributed by atoms with E-state index in [2.05, 4.69) is 34.1 Å². The second-order valence-electron chi connectivity index (χ2n) is 4.41. The van der Waals surface area contributed by atoms with E-state index in [-0.39, 0.29) is 11.2 Å². The maximum absolute atomic E-state index is 11.0. The first-order chi connectivity index (χ1) is 7.63. The summed E-state index contributed by atoms with van der Waals surface area (Å²) in [6.45, 7) is 0. The highest BCUT2D eigenvalue weighted by molar-refractivity contribution is 9.10. The van der Waals surface area contributed by atoms with E-state index in [1.54, 1.807) is 0 Å². The topological polar surface area (TPSA) is 40.9 Å². The van der Waals surface area contributed by atoms with Crippen molar-refractivity contribution in [2.24, 2.45) is 5.41 Å². The zero-order valence-electron chi connectivity index (χ0n) is 8.87. The normalized spacial score (nSPS) is 17.6. The van der Waals surface area contributed by atoms with Crippen molar-refractivity contribution in [1.82, 2.24) is 0 Å². The highest BCUT2D eigenvalue weighted by Gasteiger charge is 2.43. The highest BCUT2D eigenvalue weighted by Crippen LogP contribution is 2.41. The molecule has 2 rings (SSSR count). The molecule has 1 saturated carbocycles. The van der Waals surface area contributed by atoms with Crippen LogP contribution in [-0.2, 0) is 11.2 Å². The average Bonchev–Trinajstić information content (AvgIpc) is 2.25. The minimum Gasteiger partial charge on any atom is -0.300 e. The zero-order chi connectivity index (χ0) is 11.6. The Morgan fingerprint density at radius 2 is 1.94 bits per heavy atom. The first kappa shape index (κ1) is 11.3. The standard InChI is InChI=1S/C13H12BrNO/c14-11-3-1-10(2-4-11)5-6-13(9-15)7-12(16)8-13/h1-4H,5-8H2. The van der Waals surface area contributed by atoms with Gasteiger partial charge in [-0.2, -0.15) is 5.26 Å². The summed E-state index contributed by atoms with van der Waals surface area (Å²) in [5.74, 6) is 0.220. The number of nitriles is 1. The Balaban J connectivity index is 1.95. The number of rotatable bonds is 3. The van der Waals surface area contributed by atoms with Crippen LogP contribution in [0.15, 0.2) is 28.7 Å². The predicted molar refractivity (Wildman–Crippen MR) is 64.8 cm³/mol. The van der Waals surface area contributed by atoms with Crippen molar-refractivity contribution < 1.29 is 4.79 Å². The Bertz CT molecular complexity index is 436. The van der Waals surface area contributed by atoms with E-state index in [0.717, 1.165) is 17.3 Å². The second-order valence-corrected chi connectivity index (χ2v) is 5.33. The summed E-state index contributed by atoms with van der Waals surface area (Å²) >= 11 is 3.39. The Morgan fingerprint density at radius 1 is 1.31 bits per heavy atom. The minimum atomic E-state index is -0.371. The van der Waals surface area contributed by atoms with E-state index in [1.165, 1.54) is 5.56 Å². The van der Waals surface area contributed by atoms with Gasteiger partial charge in [0.2, 0.25) is 0 Å². The van der Waals surface area contributed by atoms with E-state index in [0.29, 0.717) is 12.8 Å². The molecule has 1 aromatic carbocycles. The van der Waals surface area contributed by atoms with Crippen molar-refractivity contribution >= 4 is 21.7 Å². The molecule has 0 amide bonds. The number of halogens is 1. The van der Waals surface area contributed by atoms with Crippen LogP contribution in [0.3, 0.4) is 0 Å². The third-order valence-corrected chi connectivity index (χ3v) is 3.64. The van der Waals surface area contributed by atoms with Crippen LogP contribution in [0.1, 0.15) is 24.8 Å². The van der Waals surface area contributed by atoms with Gasteiger partial charge in [-0.05, 0) is 30.5 Å². The fraction of sp³-hybridized carbons (Fsp3) is 0.385. The molecule has 82 valence electrons. The van der Waals surface area contributed by atoms with Crippen molar-refractivity contribution in [3.05, 3.63) is 34.3 Å². The first-order valence-corrected chi connectivity index (χ1v) is 6.10. The van der Waals surface area contributed by atoms with Crippen LogP contribution in [0.2, 0.25) is 0 Å². The molecule has 0 N–H and O–H groups in total. The molecule has 3 heteroatoms. The van der Waals surface area contributed by atoms with E-state index in [4.69, 9.17) is 5.26 Å². The quantitative estimate of drug-likeness (QED) is 0.851. The molecule has 0 bridgehead atoms. The molecule has 0 spiro atoms. The summed E-state index contributed by atoms with van der Waals surface area (Å²) < 4.78 is 1.06. The van der Waals surface area contributed by atoms with Crippen molar-refractivity contribution in [3.8, 4) is 6.07 Å². The van der Waals surface area contributed by atoms with Gasteiger partial charge in [0.05, 0.1) is 11.5 Å². The van der Waals surface area contributed by atoms with Gasteiger partial charge in [-0.1, -0.05) is 28.1 Å². The fourth-order valence-electron chi connectivity index (χ4n) is 2.05. The molecule has 0 aromatic heterocycles. The third-order valence-electron chi connectivity index (χ3n) is 3.11. The lowest BCUT2D eigenvalue weighted by atomic mass is 9.66. The average molecular weight is 278 g/mol. The number of nitrogens with zero attached hydrogens (tertiary/aromatic N) is 1. The van der Waals surface area contributed by atoms with Crippen LogP contribution in [0.25, 0.3) is 0 Å². The van der Waals surface area contributed by atoms with Gasteiger partial charge in [-0.25, -0.2) is 0 Å². The molecule has 0 radical (unpaired) electrons. The van der Waals surface area contributed by atoms with Crippen molar-refractivity contribution in [2.45, 2.75) is 25.7 Å². The minimum absolute atomic E-state index is 0.220. The number of hydrogen-bond acceptors (Lipinski definition) is 2. The number of benzene rings is 1. The van der Waals surface area contributed by atoms with Crippen LogP contribution >= 0.6 is 15.9 Å². The lowest BCUT2D eigenvalue weighted by Gasteiger charge is -2.33. The van der Waals surface area contributed by atoms with E-state index < -0.39 is 0 Å². The molecule has 0 aliphatic heterocycles. The summed E-state index contributed by atoms with van der Waals surface area (Å²) in [6.07, 6.45) is 2.55. The number of Topliss-reactive ketones (excluding diaryl/α,β-unsaturated/α-hetero) is 1. The number of hydrogen-bond donors (Lipinski definition) is 0. The molecule has 1 aliphatic rings. The Labute approximate surface area is 103 Å². The molecule has 2 nitrogen and oxygen atoms in total. The molecule has 1 fully saturated rings. The number of carbonyl (C=O) groups excluding carboxylic acids is 1. The van der Waals surface area contributed by atoms with Gasteiger partial charge in [0.15, 0.2) is 0 Å². The number of carbonyl (C=O) groups is 1. The smallest absolute Gasteiger partial charge is 0.136 e. The van der Waals surface area contributed by atoms with Crippen molar-refractivity contribution in [2.75, 3.05) is 0 Å². The largest absolute Gasteiger partial charge is 0.300 e. The Morgan fingerprint density at radius 3 is 2.44 bits per heavy atom. The van der Waals surface area contributed by atoms with Crippen LogP contribution in [-0.4, -0.2) is 5.78 Å². The zero-order valence-corrected chi connectivity index (χ0v) is 10.5. The molecule has 1 aromatic rings. The molecule has 0 saturated heterocycles. The van der Waals surface area contributed by atoms with E-state index >= 15 is 0 Å².